The summed E-state index contributed by atoms with van der Waals surface area (Å²) >= 11 is 0. The van der Waals surface area contributed by atoms with Crippen LogP contribution in [0.5, 0.6) is 0 Å². The third-order valence-electron chi connectivity index (χ3n) is 2.58. The van der Waals surface area contributed by atoms with Gasteiger partial charge in [0, 0.05) is 5.69 Å². The summed E-state index contributed by atoms with van der Waals surface area (Å²) < 4.78 is 26.8. The summed E-state index contributed by atoms with van der Waals surface area (Å²) in [6.07, 6.45) is 9.39. The Bertz CT molecular complexity index is 608. The summed E-state index contributed by atoms with van der Waals surface area (Å²) in [7, 11) is -3.49. The Morgan fingerprint density at radius 1 is 1.11 bits per heavy atom. The lowest BCUT2D eigenvalue weighted by molar-refractivity contribution is 0.607. The van der Waals surface area contributed by atoms with Gasteiger partial charge in [0.15, 0.2) is 0 Å². The van der Waals surface area contributed by atoms with E-state index in [1.807, 2.05) is 31.2 Å². The molecular weight excluding hydrogens is 246 g/mol. The van der Waals surface area contributed by atoms with Crippen LogP contribution in [-0.4, -0.2) is 8.42 Å². The molecular formula is C14H15NO2S. The normalized spacial score (nSPS) is 15.1. The quantitative estimate of drug-likeness (QED) is 0.908. The van der Waals surface area contributed by atoms with Gasteiger partial charge in [0.1, 0.15) is 0 Å². The van der Waals surface area contributed by atoms with Crippen molar-refractivity contribution < 1.29 is 8.42 Å². The van der Waals surface area contributed by atoms with Gasteiger partial charge in [-0.2, -0.15) is 0 Å². The SMILES string of the molecule is Cc1ccc(NS(=O)(=O)C2=CCC=CC=C2)cc1. The van der Waals surface area contributed by atoms with Crippen LogP contribution >= 0.6 is 0 Å². The van der Waals surface area contributed by atoms with Gasteiger partial charge >= 0.3 is 0 Å². The highest BCUT2D eigenvalue weighted by molar-refractivity contribution is 7.96. The van der Waals surface area contributed by atoms with Gasteiger partial charge in [0.25, 0.3) is 10.0 Å². The third kappa shape index (κ3) is 3.11. The highest BCUT2D eigenvalue weighted by atomic mass is 32.2. The lowest BCUT2D eigenvalue weighted by Crippen LogP contribution is -2.13. The molecule has 0 atom stereocenters. The summed E-state index contributed by atoms with van der Waals surface area (Å²) in [5, 5.41) is 0. The maximum absolute atomic E-state index is 12.1. The monoisotopic (exact) mass is 261 g/mol. The number of aryl methyl sites for hydroxylation is 1. The first-order valence-electron chi connectivity index (χ1n) is 5.71. The summed E-state index contributed by atoms with van der Waals surface area (Å²) in [5.74, 6) is 0. The van der Waals surface area contributed by atoms with E-state index in [1.165, 1.54) is 0 Å². The van der Waals surface area contributed by atoms with Crippen molar-refractivity contribution in [3.8, 4) is 0 Å². The van der Waals surface area contributed by atoms with Crippen molar-refractivity contribution in [3.63, 3.8) is 0 Å². The second-order valence-electron chi connectivity index (χ2n) is 4.10. The predicted octanol–water partition coefficient (Wildman–Crippen LogP) is 3.14. The van der Waals surface area contributed by atoms with Gasteiger partial charge in [-0.3, -0.25) is 4.72 Å². The number of rotatable bonds is 3. The number of hydrogen-bond donors (Lipinski definition) is 1. The zero-order valence-corrected chi connectivity index (χ0v) is 10.9. The molecule has 0 radical (unpaired) electrons. The lowest BCUT2D eigenvalue weighted by atomic mass is 10.2. The van der Waals surface area contributed by atoms with Crippen molar-refractivity contribution >= 4 is 15.7 Å². The van der Waals surface area contributed by atoms with Crippen molar-refractivity contribution in [3.05, 3.63) is 65.1 Å². The Morgan fingerprint density at radius 2 is 1.83 bits per heavy atom. The lowest BCUT2D eigenvalue weighted by Gasteiger charge is -2.08. The molecule has 1 aromatic carbocycles. The minimum atomic E-state index is -3.49. The maximum Gasteiger partial charge on any atom is 0.261 e. The molecule has 0 amide bonds. The summed E-state index contributed by atoms with van der Waals surface area (Å²) in [5.41, 5.74) is 1.67. The molecule has 0 aliphatic heterocycles. The topological polar surface area (TPSA) is 46.2 Å². The van der Waals surface area contributed by atoms with Crippen LogP contribution in [0.15, 0.2) is 59.6 Å². The highest BCUT2D eigenvalue weighted by Gasteiger charge is 2.15. The zero-order valence-electron chi connectivity index (χ0n) is 10.1. The largest absolute Gasteiger partial charge is 0.280 e. The van der Waals surface area contributed by atoms with Crippen LogP contribution in [0.1, 0.15) is 12.0 Å². The molecule has 0 bridgehead atoms. The number of hydrogen-bond acceptors (Lipinski definition) is 2. The Balaban J connectivity index is 2.22. The first-order chi connectivity index (χ1) is 8.58. The second kappa shape index (κ2) is 5.23. The van der Waals surface area contributed by atoms with Gasteiger partial charge in [0.2, 0.25) is 0 Å². The Morgan fingerprint density at radius 3 is 2.56 bits per heavy atom. The molecule has 0 aromatic heterocycles. The Hall–Kier alpha value is -1.81. The molecule has 1 N–H and O–H groups in total. The van der Waals surface area contributed by atoms with E-state index >= 15 is 0 Å². The fraction of sp³-hybridized carbons (Fsp3) is 0.143. The molecule has 0 spiro atoms. The van der Waals surface area contributed by atoms with E-state index in [0.717, 1.165) is 5.56 Å². The van der Waals surface area contributed by atoms with Crippen LogP contribution in [0.4, 0.5) is 5.69 Å². The summed E-state index contributed by atoms with van der Waals surface area (Å²) in [6, 6.07) is 7.26. The number of benzene rings is 1. The van der Waals surface area contributed by atoms with Crippen molar-refractivity contribution in [2.24, 2.45) is 0 Å². The zero-order chi connectivity index (χ0) is 13.0. The van der Waals surface area contributed by atoms with Crippen LogP contribution in [0.25, 0.3) is 0 Å². The van der Waals surface area contributed by atoms with Crippen LogP contribution in [0, 0.1) is 6.92 Å². The summed E-state index contributed by atoms with van der Waals surface area (Å²) in [4.78, 5) is 0.299. The van der Waals surface area contributed by atoms with E-state index in [9.17, 15) is 8.42 Å². The third-order valence-corrected chi connectivity index (χ3v) is 4.00. The molecule has 0 heterocycles. The van der Waals surface area contributed by atoms with Crippen LogP contribution in [0.3, 0.4) is 0 Å². The van der Waals surface area contributed by atoms with Gasteiger partial charge in [-0.1, -0.05) is 42.0 Å². The van der Waals surface area contributed by atoms with Gasteiger partial charge < -0.3 is 0 Å². The molecule has 4 heteroatoms. The van der Waals surface area contributed by atoms with Crippen molar-refractivity contribution in [1.29, 1.82) is 0 Å². The molecule has 0 saturated carbocycles. The Labute approximate surface area is 108 Å². The molecule has 3 nitrogen and oxygen atoms in total. The van der Waals surface area contributed by atoms with E-state index in [4.69, 9.17) is 0 Å². The fourth-order valence-electron chi connectivity index (χ4n) is 1.59. The molecule has 1 aromatic rings. The van der Waals surface area contributed by atoms with E-state index in [1.54, 1.807) is 30.4 Å². The van der Waals surface area contributed by atoms with Gasteiger partial charge in [0.05, 0.1) is 4.91 Å². The van der Waals surface area contributed by atoms with Crippen LogP contribution in [0.2, 0.25) is 0 Å². The van der Waals surface area contributed by atoms with Crippen LogP contribution < -0.4 is 4.72 Å². The maximum atomic E-state index is 12.1. The molecule has 0 saturated heterocycles. The molecule has 1 aliphatic rings. The standard InChI is InChI=1S/C14H15NO2S/c1-12-8-10-13(11-9-12)15-18(16,17)14-6-4-2-3-5-7-14/h2-4,6-11,15H,5H2,1H3. The van der Waals surface area contributed by atoms with E-state index in [0.29, 0.717) is 17.0 Å². The van der Waals surface area contributed by atoms with Crippen molar-refractivity contribution in [1.82, 2.24) is 0 Å². The van der Waals surface area contributed by atoms with Crippen LogP contribution in [-0.2, 0) is 10.0 Å². The van der Waals surface area contributed by atoms with Crippen molar-refractivity contribution in [2.45, 2.75) is 13.3 Å². The number of anilines is 1. The average molecular weight is 261 g/mol. The molecule has 0 fully saturated rings. The van der Waals surface area contributed by atoms with Gasteiger partial charge in [-0.05, 0) is 31.6 Å². The van der Waals surface area contributed by atoms with E-state index in [2.05, 4.69) is 4.72 Å². The average Bonchev–Trinajstić information content (AvgIpc) is 2.61. The van der Waals surface area contributed by atoms with E-state index < -0.39 is 10.0 Å². The molecule has 1 aliphatic carbocycles. The highest BCUT2D eigenvalue weighted by Crippen LogP contribution is 2.17. The van der Waals surface area contributed by atoms with Gasteiger partial charge in [-0.25, -0.2) is 8.42 Å². The molecule has 2 rings (SSSR count). The molecule has 94 valence electrons. The first kappa shape index (κ1) is 12.6. The number of sulfonamides is 1. The summed E-state index contributed by atoms with van der Waals surface area (Å²) in [6.45, 7) is 1.96. The minimum Gasteiger partial charge on any atom is -0.280 e. The van der Waals surface area contributed by atoms with E-state index in [-0.39, 0.29) is 0 Å². The molecule has 0 unspecified atom stereocenters. The van der Waals surface area contributed by atoms with Gasteiger partial charge in [-0.15, -0.1) is 0 Å². The number of allylic oxidation sites excluding steroid dienone is 5. The molecule has 18 heavy (non-hydrogen) atoms. The second-order valence-corrected chi connectivity index (χ2v) is 5.78. The first-order valence-corrected chi connectivity index (χ1v) is 7.19. The predicted molar refractivity (Wildman–Crippen MR) is 74.7 cm³/mol. The van der Waals surface area contributed by atoms with Crippen molar-refractivity contribution in [2.75, 3.05) is 4.72 Å². The number of nitrogens with one attached hydrogen (secondary N) is 1. The Kier molecular flexibility index (Phi) is 3.67. The smallest absolute Gasteiger partial charge is 0.261 e. The minimum absolute atomic E-state index is 0.299. The fourth-order valence-corrected chi connectivity index (χ4v) is 2.73.